The fourth-order valence-corrected chi connectivity index (χ4v) is 1.66. The Kier molecular flexibility index (Phi) is 3.20. The molecule has 14 heavy (non-hydrogen) atoms. The second-order valence-corrected chi connectivity index (χ2v) is 5.04. The first-order chi connectivity index (χ1) is 6.42. The van der Waals surface area contributed by atoms with Gasteiger partial charge in [0, 0.05) is 0 Å². The average Bonchev–Trinajstić information content (AvgIpc) is 2.01. The van der Waals surface area contributed by atoms with Crippen LogP contribution in [-0.2, 0) is 6.42 Å². The van der Waals surface area contributed by atoms with E-state index < -0.39 is 0 Å². The van der Waals surface area contributed by atoms with Gasteiger partial charge < -0.3 is 4.74 Å². The molecule has 0 aliphatic heterocycles. The van der Waals surface area contributed by atoms with Crippen LogP contribution in [0.25, 0.3) is 0 Å². The van der Waals surface area contributed by atoms with Crippen molar-refractivity contribution in [2.24, 2.45) is 5.41 Å². The molecule has 0 saturated heterocycles. The third-order valence-corrected chi connectivity index (χ3v) is 2.19. The Bertz CT molecular complexity index is 308. The monoisotopic (exact) mass is 192 g/mol. The number of hydrogen-bond acceptors (Lipinski definition) is 1. The van der Waals surface area contributed by atoms with Crippen LogP contribution in [0.1, 0.15) is 31.9 Å². The molecule has 1 aromatic rings. The van der Waals surface area contributed by atoms with Crippen molar-refractivity contribution in [1.29, 1.82) is 0 Å². The Morgan fingerprint density at radius 3 is 2.29 bits per heavy atom. The van der Waals surface area contributed by atoms with Gasteiger partial charge in [-0.05, 0) is 36.0 Å². The molecule has 0 saturated carbocycles. The van der Waals surface area contributed by atoms with E-state index in [0.29, 0.717) is 5.41 Å². The molecule has 1 rings (SSSR count). The third-order valence-electron chi connectivity index (χ3n) is 2.19. The average molecular weight is 192 g/mol. The second-order valence-electron chi connectivity index (χ2n) is 5.04. The standard InChI is InChI=1S/C13H20O/c1-10-8-11(9-13(2,3)4)6-7-12(10)14-5/h6-8H,9H2,1-5H3. The van der Waals surface area contributed by atoms with Crippen LogP contribution in [0.3, 0.4) is 0 Å². The Morgan fingerprint density at radius 2 is 1.86 bits per heavy atom. The largest absolute Gasteiger partial charge is 0.496 e. The van der Waals surface area contributed by atoms with Gasteiger partial charge in [0.2, 0.25) is 0 Å². The Balaban J connectivity index is 2.87. The van der Waals surface area contributed by atoms with E-state index in [1.807, 2.05) is 0 Å². The van der Waals surface area contributed by atoms with Crippen molar-refractivity contribution in [3.8, 4) is 5.75 Å². The van der Waals surface area contributed by atoms with Gasteiger partial charge >= 0.3 is 0 Å². The molecule has 0 bridgehead atoms. The van der Waals surface area contributed by atoms with E-state index in [2.05, 4.69) is 45.9 Å². The van der Waals surface area contributed by atoms with E-state index in [1.165, 1.54) is 11.1 Å². The van der Waals surface area contributed by atoms with Gasteiger partial charge in [0.1, 0.15) is 5.75 Å². The third kappa shape index (κ3) is 3.06. The van der Waals surface area contributed by atoms with E-state index in [4.69, 9.17) is 4.74 Å². The topological polar surface area (TPSA) is 9.23 Å². The lowest BCUT2D eigenvalue weighted by molar-refractivity contribution is 0.404. The first-order valence-corrected chi connectivity index (χ1v) is 5.06. The zero-order valence-electron chi connectivity index (χ0n) is 9.85. The number of benzene rings is 1. The number of hydrogen-bond donors (Lipinski definition) is 0. The zero-order chi connectivity index (χ0) is 10.8. The predicted octanol–water partition coefficient (Wildman–Crippen LogP) is 3.59. The number of aryl methyl sites for hydroxylation is 1. The Labute approximate surface area is 87.1 Å². The van der Waals surface area contributed by atoms with E-state index in [9.17, 15) is 0 Å². The molecular weight excluding hydrogens is 172 g/mol. The van der Waals surface area contributed by atoms with Crippen LogP contribution in [-0.4, -0.2) is 7.11 Å². The summed E-state index contributed by atoms with van der Waals surface area (Å²) >= 11 is 0. The van der Waals surface area contributed by atoms with Crippen LogP contribution in [0.15, 0.2) is 18.2 Å². The molecule has 0 amide bonds. The summed E-state index contributed by atoms with van der Waals surface area (Å²) in [7, 11) is 1.71. The molecule has 0 atom stereocenters. The minimum absolute atomic E-state index is 0.348. The van der Waals surface area contributed by atoms with Gasteiger partial charge in [-0.25, -0.2) is 0 Å². The molecule has 0 fully saturated rings. The molecule has 0 spiro atoms. The second kappa shape index (κ2) is 4.04. The van der Waals surface area contributed by atoms with Gasteiger partial charge in [0.05, 0.1) is 7.11 Å². The summed E-state index contributed by atoms with van der Waals surface area (Å²) in [4.78, 5) is 0. The summed E-state index contributed by atoms with van der Waals surface area (Å²) in [5.41, 5.74) is 2.95. The quantitative estimate of drug-likeness (QED) is 0.695. The van der Waals surface area contributed by atoms with Crippen LogP contribution in [0.2, 0.25) is 0 Å². The van der Waals surface area contributed by atoms with Gasteiger partial charge in [0.25, 0.3) is 0 Å². The maximum Gasteiger partial charge on any atom is 0.121 e. The number of methoxy groups -OCH3 is 1. The smallest absolute Gasteiger partial charge is 0.121 e. The van der Waals surface area contributed by atoms with Crippen LogP contribution in [0.4, 0.5) is 0 Å². The lowest BCUT2D eigenvalue weighted by Crippen LogP contribution is -2.09. The molecular formula is C13H20O. The maximum atomic E-state index is 5.23. The van der Waals surface area contributed by atoms with Crippen molar-refractivity contribution in [2.45, 2.75) is 34.1 Å². The van der Waals surface area contributed by atoms with Crippen molar-refractivity contribution in [3.63, 3.8) is 0 Å². The van der Waals surface area contributed by atoms with Crippen LogP contribution in [0.5, 0.6) is 5.75 Å². The zero-order valence-corrected chi connectivity index (χ0v) is 9.85. The first kappa shape index (κ1) is 11.1. The lowest BCUT2D eigenvalue weighted by Gasteiger charge is -2.18. The molecule has 1 aromatic carbocycles. The molecule has 0 unspecified atom stereocenters. The van der Waals surface area contributed by atoms with Crippen molar-refractivity contribution in [1.82, 2.24) is 0 Å². The summed E-state index contributed by atoms with van der Waals surface area (Å²) < 4.78 is 5.23. The van der Waals surface area contributed by atoms with E-state index >= 15 is 0 Å². The highest BCUT2D eigenvalue weighted by Gasteiger charge is 2.11. The highest BCUT2D eigenvalue weighted by Crippen LogP contribution is 2.24. The normalized spacial score (nSPS) is 11.5. The first-order valence-electron chi connectivity index (χ1n) is 5.06. The van der Waals surface area contributed by atoms with Crippen LogP contribution < -0.4 is 4.74 Å². The summed E-state index contributed by atoms with van der Waals surface area (Å²) in [6, 6.07) is 6.41. The molecule has 0 aromatic heterocycles. The van der Waals surface area contributed by atoms with Crippen molar-refractivity contribution in [2.75, 3.05) is 7.11 Å². The SMILES string of the molecule is COc1ccc(CC(C)(C)C)cc1C. The molecule has 0 heterocycles. The molecule has 0 aliphatic carbocycles. The number of ether oxygens (including phenoxy) is 1. The molecule has 1 heteroatoms. The molecule has 0 N–H and O–H groups in total. The fourth-order valence-electron chi connectivity index (χ4n) is 1.66. The van der Waals surface area contributed by atoms with E-state index in [0.717, 1.165) is 12.2 Å². The van der Waals surface area contributed by atoms with Gasteiger partial charge in [-0.2, -0.15) is 0 Å². The minimum atomic E-state index is 0.348. The minimum Gasteiger partial charge on any atom is -0.496 e. The summed E-state index contributed by atoms with van der Waals surface area (Å²) in [6.45, 7) is 8.86. The maximum absolute atomic E-state index is 5.23. The summed E-state index contributed by atoms with van der Waals surface area (Å²) in [6.07, 6.45) is 1.11. The van der Waals surface area contributed by atoms with Gasteiger partial charge in [-0.3, -0.25) is 0 Å². The molecule has 0 radical (unpaired) electrons. The summed E-state index contributed by atoms with van der Waals surface area (Å²) in [5, 5.41) is 0. The molecule has 1 nitrogen and oxygen atoms in total. The Hall–Kier alpha value is -0.980. The van der Waals surface area contributed by atoms with Crippen LogP contribution in [0, 0.1) is 12.3 Å². The van der Waals surface area contributed by atoms with Gasteiger partial charge in [-0.1, -0.05) is 32.9 Å². The van der Waals surface area contributed by atoms with Crippen molar-refractivity contribution >= 4 is 0 Å². The van der Waals surface area contributed by atoms with Crippen LogP contribution >= 0.6 is 0 Å². The highest BCUT2D eigenvalue weighted by atomic mass is 16.5. The van der Waals surface area contributed by atoms with E-state index in [1.54, 1.807) is 7.11 Å². The Morgan fingerprint density at radius 1 is 1.21 bits per heavy atom. The predicted molar refractivity (Wildman–Crippen MR) is 60.9 cm³/mol. The van der Waals surface area contributed by atoms with Gasteiger partial charge in [0.15, 0.2) is 0 Å². The molecule has 0 aliphatic rings. The molecule has 78 valence electrons. The highest BCUT2D eigenvalue weighted by molar-refractivity contribution is 5.36. The van der Waals surface area contributed by atoms with E-state index in [-0.39, 0.29) is 0 Å². The lowest BCUT2D eigenvalue weighted by atomic mass is 9.88. The fraction of sp³-hybridized carbons (Fsp3) is 0.538. The summed E-state index contributed by atoms with van der Waals surface area (Å²) in [5.74, 6) is 0.975. The van der Waals surface area contributed by atoms with Crippen molar-refractivity contribution in [3.05, 3.63) is 29.3 Å². The van der Waals surface area contributed by atoms with Gasteiger partial charge in [-0.15, -0.1) is 0 Å². The number of rotatable bonds is 2. The van der Waals surface area contributed by atoms with Crippen molar-refractivity contribution < 1.29 is 4.74 Å².